The molecular formula is C6H12Cl2Si. The lowest BCUT2D eigenvalue weighted by molar-refractivity contribution is 0.634. The van der Waals surface area contributed by atoms with Gasteiger partial charge in [0, 0.05) is 0 Å². The Morgan fingerprint density at radius 1 is 1.22 bits per heavy atom. The summed E-state index contributed by atoms with van der Waals surface area (Å²) < 4.78 is 0. The van der Waals surface area contributed by atoms with Crippen molar-refractivity contribution < 1.29 is 0 Å². The molecule has 0 atom stereocenters. The van der Waals surface area contributed by atoms with Gasteiger partial charge < -0.3 is 0 Å². The molecule has 54 valence electrons. The molecule has 0 heterocycles. The van der Waals surface area contributed by atoms with Gasteiger partial charge in [-0.25, -0.2) is 0 Å². The van der Waals surface area contributed by atoms with E-state index < -0.39 is 7.42 Å². The van der Waals surface area contributed by atoms with Crippen LogP contribution in [0, 0.1) is 0 Å². The summed E-state index contributed by atoms with van der Waals surface area (Å²) in [7, 11) is -1.39. The van der Waals surface area contributed by atoms with Gasteiger partial charge in [-0.05, 0) is 17.9 Å². The number of rotatable bonds is 1. The zero-order valence-electron chi connectivity index (χ0n) is 5.66. The molecule has 0 amide bonds. The molecular weight excluding hydrogens is 171 g/mol. The SMILES string of the molecule is CC1([SiH](Cl)Cl)CCCC1. The molecule has 0 aromatic rings. The van der Waals surface area contributed by atoms with E-state index in [0.717, 1.165) is 0 Å². The molecule has 1 aliphatic rings. The minimum atomic E-state index is -1.39. The summed E-state index contributed by atoms with van der Waals surface area (Å²) in [5, 5.41) is 0.364. The highest BCUT2D eigenvalue weighted by Crippen LogP contribution is 2.48. The van der Waals surface area contributed by atoms with E-state index >= 15 is 0 Å². The third kappa shape index (κ3) is 1.63. The summed E-state index contributed by atoms with van der Waals surface area (Å²) in [6.45, 7) is 2.23. The lowest BCUT2D eigenvalue weighted by atomic mass is 10.1. The summed E-state index contributed by atoms with van der Waals surface area (Å²) in [6.07, 6.45) is 5.19. The van der Waals surface area contributed by atoms with Gasteiger partial charge in [0.05, 0.1) is 0 Å². The largest absolute Gasteiger partial charge is 0.242 e. The normalized spacial score (nSPS) is 25.3. The van der Waals surface area contributed by atoms with Crippen LogP contribution in [0.1, 0.15) is 32.6 Å². The smallest absolute Gasteiger partial charge is 0.150 e. The summed E-state index contributed by atoms with van der Waals surface area (Å²) in [6, 6.07) is 0. The molecule has 0 aromatic carbocycles. The second-order valence-electron chi connectivity index (χ2n) is 3.16. The lowest BCUT2D eigenvalue weighted by Crippen LogP contribution is -2.15. The third-order valence-electron chi connectivity index (χ3n) is 2.27. The van der Waals surface area contributed by atoms with Crippen molar-refractivity contribution in [3.8, 4) is 0 Å². The number of halogens is 2. The zero-order valence-corrected chi connectivity index (χ0v) is 8.33. The van der Waals surface area contributed by atoms with Crippen LogP contribution in [0.25, 0.3) is 0 Å². The lowest BCUT2D eigenvalue weighted by Gasteiger charge is -2.22. The molecule has 0 aliphatic heterocycles. The van der Waals surface area contributed by atoms with E-state index in [0.29, 0.717) is 5.04 Å². The molecule has 0 N–H and O–H groups in total. The Bertz CT molecular complexity index is 97.2. The van der Waals surface area contributed by atoms with Gasteiger partial charge in [0.15, 0.2) is 0 Å². The molecule has 0 spiro atoms. The Morgan fingerprint density at radius 3 is 1.89 bits per heavy atom. The first-order valence-corrected chi connectivity index (χ1v) is 7.50. The predicted octanol–water partition coefficient (Wildman–Crippen LogP) is 3.02. The quantitative estimate of drug-likeness (QED) is 0.433. The van der Waals surface area contributed by atoms with Crippen molar-refractivity contribution in [2.24, 2.45) is 0 Å². The maximum Gasteiger partial charge on any atom is 0.242 e. The van der Waals surface area contributed by atoms with E-state index in [2.05, 4.69) is 6.92 Å². The summed E-state index contributed by atoms with van der Waals surface area (Å²) in [5.41, 5.74) is 0. The number of hydrogen-bond donors (Lipinski definition) is 0. The molecule has 1 rings (SSSR count). The van der Waals surface area contributed by atoms with Crippen LogP contribution >= 0.6 is 22.2 Å². The molecule has 1 saturated carbocycles. The maximum absolute atomic E-state index is 5.93. The number of hydrogen-bond acceptors (Lipinski definition) is 0. The predicted molar refractivity (Wildman–Crippen MR) is 45.7 cm³/mol. The van der Waals surface area contributed by atoms with Gasteiger partial charge in [-0.2, -0.15) is 0 Å². The molecule has 0 aromatic heterocycles. The molecule has 1 aliphatic carbocycles. The standard InChI is InChI=1S/C6H12Cl2Si/c1-6(9(7)8)4-2-3-5-6/h9H,2-5H2,1H3. The first-order chi connectivity index (χ1) is 4.15. The van der Waals surface area contributed by atoms with E-state index in [1.165, 1.54) is 25.7 Å². The van der Waals surface area contributed by atoms with Crippen LogP contribution in [0.4, 0.5) is 0 Å². The molecule has 1 fully saturated rings. The fourth-order valence-corrected chi connectivity index (χ4v) is 3.55. The molecule has 0 unspecified atom stereocenters. The minimum absolute atomic E-state index is 0.364. The minimum Gasteiger partial charge on any atom is -0.150 e. The van der Waals surface area contributed by atoms with E-state index in [-0.39, 0.29) is 0 Å². The second-order valence-corrected chi connectivity index (χ2v) is 8.45. The monoisotopic (exact) mass is 182 g/mol. The Hall–Kier alpha value is 0.797. The van der Waals surface area contributed by atoms with Crippen LogP contribution in [-0.2, 0) is 0 Å². The van der Waals surface area contributed by atoms with Crippen LogP contribution in [0.3, 0.4) is 0 Å². The maximum atomic E-state index is 5.93. The van der Waals surface area contributed by atoms with Gasteiger partial charge in [-0.3, -0.25) is 0 Å². The van der Waals surface area contributed by atoms with Gasteiger partial charge in [-0.1, -0.05) is 19.8 Å². The van der Waals surface area contributed by atoms with Gasteiger partial charge >= 0.3 is 0 Å². The summed E-state index contributed by atoms with van der Waals surface area (Å²) in [4.78, 5) is 0. The highest BCUT2D eigenvalue weighted by atomic mass is 35.7. The highest BCUT2D eigenvalue weighted by molar-refractivity contribution is 7.35. The molecule has 3 heteroatoms. The Labute approximate surface area is 67.6 Å². The van der Waals surface area contributed by atoms with Crippen molar-refractivity contribution >= 4 is 29.6 Å². The first kappa shape index (κ1) is 7.90. The van der Waals surface area contributed by atoms with E-state index in [9.17, 15) is 0 Å². The van der Waals surface area contributed by atoms with Crippen molar-refractivity contribution in [3.63, 3.8) is 0 Å². The van der Waals surface area contributed by atoms with E-state index in [4.69, 9.17) is 22.2 Å². The Balaban J connectivity index is 2.51. The van der Waals surface area contributed by atoms with Crippen molar-refractivity contribution in [3.05, 3.63) is 0 Å². The van der Waals surface area contributed by atoms with Gasteiger partial charge in [-0.15, -0.1) is 22.2 Å². The topological polar surface area (TPSA) is 0 Å². The molecule has 0 nitrogen and oxygen atoms in total. The van der Waals surface area contributed by atoms with Crippen molar-refractivity contribution in [1.82, 2.24) is 0 Å². The van der Waals surface area contributed by atoms with Gasteiger partial charge in [0.2, 0.25) is 7.42 Å². The molecule has 0 saturated heterocycles. The van der Waals surface area contributed by atoms with Crippen LogP contribution in [0.5, 0.6) is 0 Å². The van der Waals surface area contributed by atoms with Crippen LogP contribution in [-0.4, -0.2) is 7.42 Å². The highest BCUT2D eigenvalue weighted by Gasteiger charge is 2.36. The van der Waals surface area contributed by atoms with Crippen LogP contribution < -0.4 is 0 Å². The third-order valence-corrected chi connectivity index (χ3v) is 7.06. The fraction of sp³-hybridized carbons (Fsp3) is 1.00. The molecule has 0 radical (unpaired) electrons. The second kappa shape index (κ2) is 2.81. The molecule has 9 heavy (non-hydrogen) atoms. The van der Waals surface area contributed by atoms with E-state index in [1.807, 2.05) is 0 Å². The van der Waals surface area contributed by atoms with Crippen LogP contribution in [0.15, 0.2) is 0 Å². The Kier molecular flexibility index (Phi) is 2.47. The van der Waals surface area contributed by atoms with Gasteiger partial charge in [0.25, 0.3) is 0 Å². The molecule has 0 bridgehead atoms. The van der Waals surface area contributed by atoms with Crippen molar-refractivity contribution in [2.75, 3.05) is 0 Å². The van der Waals surface area contributed by atoms with Gasteiger partial charge in [0.1, 0.15) is 0 Å². The summed E-state index contributed by atoms with van der Waals surface area (Å²) >= 11 is 11.9. The summed E-state index contributed by atoms with van der Waals surface area (Å²) in [5.74, 6) is 0. The Morgan fingerprint density at radius 2 is 1.67 bits per heavy atom. The van der Waals surface area contributed by atoms with Crippen LogP contribution in [0.2, 0.25) is 5.04 Å². The van der Waals surface area contributed by atoms with E-state index in [1.54, 1.807) is 0 Å². The zero-order chi connectivity index (χ0) is 6.91. The van der Waals surface area contributed by atoms with Crippen molar-refractivity contribution in [2.45, 2.75) is 37.6 Å². The average Bonchev–Trinajstić information content (AvgIpc) is 2.16. The van der Waals surface area contributed by atoms with Crippen molar-refractivity contribution in [1.29, 1.82) is 0 Å². The fourth-order valence-electron chi connectivity index (χ4n) is 1.40. The first-order valence-electron chi connectivity index (χ1n) is 3.43. The average molecular weight is 183 g/mol.